The normalized spacial score (nSPS) is 16.2. The first-order valence-corrected chi connectivity index (χ1v) is 14.8. The Labute approximate surface area is 234 Å². The van der Waals surface area contributed by atoms with Crippen molar-refractivity contribution in [1.29, 1.82) is 0 Å². The number of amides is 2. The van der Waals surface area contributed by atoms with E-state index in [0.717, 1.165) is 31.2 Å². The molecule has 1 fully saturated rings. The van der Waals surface area contributed by atoms with Crippen molar-refractivity contribution >= 4 is 35.1 Å². The van der Waals surface area contributed by atoms with Gasteiger partial charge in [-0.1, -0.05) is 90.0 Å². The van der Waals surface area contributed by atoms with Crippen LogP contribution in [-0.2, 0) is 25.5 Å². The number of benzene rings is 1. The van der Waals surface area contributed by atoms with E-state index in [0.29, 0.717) is 25.6 Å². The average molecular weight is 546 g/mol. The smallest absolute Gasteiger partial charge is 0.308 e. The Hall–Kier alpha value is -2.48. The maximum Gasteiger partial charge on any atom is 0.308 e. The highest BCUT2D eigenvalue weighted by Gasteiger charge is 2.34. The van der Waals surface area contributed by atoms with Gasteiger partial charge in [-0.05, 0) is 49.0 Å². The highest BCUT2D eigenvalue weighted by molar-refractivity contribution is 7.80. The molecule has 8 heteroatoms. The van der Waals surface area contributed by atoms with E-state index in [1.807, 2.05) is 19.1 Å². The van der Waals surface area contributed by atoms with E-state index in [-0.39, 0.29) is 23.3 Å². The maximum atomic E-state index is 13.0. The third-order valence-electron chi connectivity index (χ3n) is 6.96. The molecule has 2 atom stereocenters. The minimum atomic E-state index is -0.798. The standard InChI is InChI=1S/C30H47N3O4S/c1-5-6-7-8-9-10-11-12-19-37-27(34)21-26-29(36)31-17-18-33(26)30(38)32-28(35)23(4)25-15-13-24(14-16-25)20-22(2)3/h13-16,22-23,26H,5-12,17-21H2,1-4H3,(H,31,36)(H,32,35,38). The predicted molar refractivity (Wildman–Crippen MR) is 156 cm³/mol. The quantitative estimate of drug-likeness (QED) is 0.178. The molecule has 0 bridgehead atoms. The van der Waals surface area contributed by atoms with Gasteiger partial charge in [0, 0.05) is 13.1 Å². The number of piperazine rings is 1. The number of unbranched alkanes of at least 4 members (excludes halogenated alkanes) is 7. The summed E-state index contributed by atoms with van der Waals surface area (Å²) in [4.78, 5) is 39.6. The van der Waals surface area contributed by atoms with Crippen molar-refractivity contribution in [2.75, 3.05) is 19.7 Å². The fourth-order valence-electron chi connectivity index (χ4n) is 4.65. The third kappa shape index (κ3) is 11.1. The lowest BCUT2D eigenvalue weighted by Gasteiger charge is -2.36. The molecule has 1 aromatic carbocycles. The fraction of sp³-hybridized carbons (Fsp3) is 0.667. The van der Waals surface area contributed by atoms with Crippen LogP contribution in [0.15, 0.2) is 24.3 Å². The summed E-state index contributed by atoms with van der Waals surface area (Å²) >= 11 is 5.51. The maximum absolute atomic E-state index is 13.0. The molecule has 0 radical (unpaired) electrons. The molecule has 0 aromatic heterocycles. The number of thiocarbonyl (C=S) groups is 1. The zero-order valence-electron chi connectivity index (χ0n) is 23.7. The Morgan fingerprint density at radius 2 is 1.68 bits per heavy atom. The molecule has 212 valence electrons. The van der Waals surface area contributed by atoms with Crippen molar-refractivity contribution in [3.8, 4) is 0 Å². The molecular formula is C30H47N3O4S. The first-order chi connectivity index (χ1) is 18.2. The van der Waals surface area contributed by atoms with Crippen LogP contribution in [-0.4, -0.2) is 53.5 Å². The lowest BCUT2D eigenvalue weighted by molar-refractivity contribution is -0.147. The monoisotopic (exact) mass is 545 g/mol. The van der Waals surface area contributed by atoms with Crippen molar-refractivity contribution in [3.05, 3.63) is 35.4 Å². The van der Waals surface area contributed by atoms with E-state index in [4.69, 9.17) is 17.0 Å². The van der Waals surface area contributed by atoms with Gasteiger partial charge in [0.15, 0.2) is 5.11 Å². The second-order valence-corrected chi connectivity index (χ2v) is 11.1. The molecule has 2 unspecified atom stereocenters. The third-order valence-corrected chi connectivity index (χ3v) is 7.30. The van der Waals surface area contributed by atoms with Crippen LogP contribution in [0.2, 0.25) is 0 Å². The summed E-state index contributed by atoms with van der Waals surface area (Å²) < 4.78 is 5.40. The minimum Gasteiger partial charge on any atom is -0.466 e. The van der Waals surface area contributed by atoms with Crippen LogP contribution >= 0.6 is 12.2 Å². The molecule has 1 aromatic rings. The molecule has 0 spiro atoms. The summed E-state index contributed by atoms with van der Waals surface area (Å²) in [7, 11) is 0. The Balaban J connectivity index is 1.82. The molecule has 1 aliphatic rings. The predicted octanol–water partition coefficient (Wildman–Crippen LogP) is 5.26. The largest absolute Gasteiger partial charge is 0.466 e. The summed E-state index contributed by atoms with van der Waals surface area (Å²) in [5.41, 5.74) is 2.14. The second kappa shape index (κ2) is 17.2. The molecule has 2 amide bonds. The Morgan fingerprint density at radius 3 is 2.32 bits per heavy atom. The molecule has 0 saturated carbocycles. The van der Waals surface area contributed by atoms with Gasteiger partial charge < -0.3 is 20.3 Å². The highest BCUT2D eigenvalue weighted by Crippen LogP contribution is 2.19. The van der Waals surface area contributed by atoms with Crippen molar-refractivity contribution in [2.45, 2.75) is 104 Å². The lowest BCUT2D eigenvalue weighted by atomic mass is 9.96. The average Bonchev–Trinajstić information content (AvgIpc) is 2.88. The van der Waals surface area contributed by atoms with E-state index in [9.17, 15) is 14.4 Å². The van der Waals surface area contributed by atoms with Gasteiger partial charge in [-0.2, -0.15) is 0 Å². The number of carbonyl (C=O) groups is 3. The number of hydrogen-bond acceptors (Lipinski definition) is 5. The van der Waals surface area contributed by atoms with Gasteiger partial charge in [0.05, 0.1) is 18.9 Å². The number of hydrogen-bond donors (Lipinski definition) is 2. The topological polar surface area (TPSA) is 87.7 Å². The highest BCUT2D eigenvalue weighted by atomic mass is 32.1. The van der Waals surface area contributed by atoms with Gasteiger partial charge in [0.1, 0.15) is 6.04 Å². The number of carbonyl (C=O) groups excluding carboxylic acids is 3. The first-order valence-electron chi connectivity index (χ1n) is 14.4. The van der Waals surface area contributed by atoms with Crippen molar-refractivity contribution < 1.29 is 19.1 Å². The molecular weight excluding hydrogens is 498 g/mol. The summed E-state index contributed by atoms with van der Waals surface area (Å²) in [5, 5.41) is 5.74. The number of ether oxygens (including phenoxy) is 1. The van der Waals surface area contributed by atoms with E-state index in [1.165, 1.54) is 37.7 Å². The van der Waals surface area contributed by atoms with Gasteiger partial charge in [0.25, 0.3) is 0 Å². The van der Waals surface area contributed by atoms with Gasteiger partial charge in [-0.25, -0.2) is 0 Å². The van der Waals surface area contributed by atoms with E-state index in [1.54, 1.807) is 4.90 Å². The zero-order valence-corrected chi connectivity index (χ0v) is 24.5. The Kier molecular flexibility index (Phi) is 14.3. The summed E-state index contributed by atoms with van der Waals surface area (Å²) in [6.07, 6.45) is 10.2. The van der Waals surface area contributed by atoms with Crippen LogP contribution in [0.1, 0.15) is 103 Å². The van der Waals surface area contributed by atoms with Crippen LogP contribution in [0, 0.1) is 5.92 Å². The number of rotatable bonds is 15. The van der Waals surface area contributed by atoms with E-state index in [2.05, 4.69) is 43.5 Å². The van der Waals surface area contributed by atoms with Crippen LogP contribution < -0.4 is 10.6 Å². The SMILES string of the molecule is CCCCCCCCCCOC(=O)CC1C(=O)NCCN1C(=S)NC(=O)C(C)c1ccc(CC(C)C)cc1. The molecule has 0 aliphatic carbocycles. The van der Waals surface area contributed by atoms with Crippen molar-refractivity contribution in [2.24, 2.45) is 5.92 Å². The van der Waals surface area contributed by atoms with E-state index >= 15 is 0 Å². The van der Waals surface area contributed by atoms with Gasteiger partial charge in [-0.3, -0.25) is 14.4 Å². The molecule has 1 aliphatic heterocycles. The lowest BCUT2D eigenvalue weighted by Crippen LogP contribution is -2.60. The summed E-state index contributed by atoms with van der Waals surface area (Å²) in [5.74, 6) is -0.797. The summed E-state index contributed by atoms with van der Waals surface area (Å²) in [6, 6.07) is 7.27. The van der Waals surface area contributed by atoms with Crippen LogP contribution in [0.3, 0.4) is 0 Å². The Bertz CT molecular complexity index is 903. The molecule has 1 heterocycles. The van der Waals surface area contributed by atoms with Gasteiger partial charge >= 0.3 is 5.97 Å². The van der Waals surface area contributed by atoms with Crippen LogP contribution in [0.4, 0.5) is 0 Å². The molecule has 1 saturated heterocycles. The molecule has 38 heavy (non-hydrogen) atoms. The Morgan fingerprint density at radius 1 is 1.05 bits per heavy atom. The second-order valence-electron chi connectivity index (χ2n) is 10.8. The van der Waals surface area contributed by atoms with Crippen molar-refractivity contribution in [3.63, 3.8) is 0 Å². The van der Waals surface area contributed by atoms with Gasteiger partial charge in [0.2, 0.25) is 11.8 Å². The molecule has 7 nitrogen and oxygen atoms in total. The first kappa shape index (κ1) is 31.7. The number of nitrogens with one attached hydrogen (secondary N) is 2. The minimum absolute atomic E-state index is 0.105. The van der Waals surface area contributed by atoms with Crippen molar-refractivity contribution in [1.82, 2.24) is 15.5 Å². The van der Waals surface area contributed by atoms with Crippen LogP contribution in [0.25, 0.3) is 0 Å². The molecule has 2 N–H and O–H groups in total. The van der Waals surface area contributed by atoms with Gasteiger partial charge in [-0.15, -0.1) is 0 Å². The van der Waals surface area contributed by atoms with Crippen LogP contribution in [0.5, 0.6) is 0 Å². The van der Waals surface area contributed by atoms with E-state index < -0.39 is 17.9 Å². The zero-order chi connectivity index (χ0) is 27.9. The molecule has 2 rings (SSSR count). The number of esters is 1. The fourth-order valence-corrected chi connectivity index (χ4v) is 4.97. The number of nitrogens with zero attached hydrogens (tertiary/aromatic N) is 1. The summed E-state index contributed by atoms with van der Waals surface area (Å²) in [6.45, 7) is 9.56.